The number of unbranched alkanes of at least 4 members (excludes halogenated alkanes) is 1. The molecular weight excluding hydrogens is 434 g/mol. The Morgan fingerprint density at radius 1 is 0.943 bits per heavy atom. The number of likely N-dealkylation sites (tertiary alicyclic amines) is 1. The topological polar surface area (TPSA) is 49.8 Å². The van der Waals surface area contributed by atoms with E-state index in [0.717, 1.165) is 36.6 Å². The van der Waals surface area contributed by atoms with Crippen molar-refractivity contribution in [3.63, 3.8) is 0 Å². The van der Waals surface area contributed by atoms with Gasteiger partial charge in [-0.05, 0) is 99.1 Å². The summed E-state index contributed by atoms with van der Waals surface area (Å²) in [6, 6.07) is 25.2. The average Bonchev–Trinajstić information content (AvgIpc) is 2.89. The number of rotatable bonds is 11. The van der Waals surface area contributed by atoms with Gasteiger partial charge in [0.1, 0.15) is 11.5 Å². The molecule has 3 aromatic rings. The summed E-state index contributed by atoms with van der Waals surface area (Å²) in [5.41, 5.74) is 2.66. The van der Waals surface area contributed by atoms with E-state index >= 15 is 0 Å². The molecule has 0 saturated carbocycles. The Bertz CT molecular complexity index is 1100. The molecule has 1 N–H and O–H groups in total. The second-order valence-electron chi connectivity index (χ2n) is 9.32. The number of hydrogen-bond donors (Lipinski definition) is 1. The Labute approximate surface area is 208 Å². The van der Waals surface area contributed by atoms with Crippen molar-refractivity contribution in [2.45, 2.75) is 32.1 Å². The van der Waals surface area contributed by atoms with E-state index < -0.39 is 0 Å². The average molecular weight is 470 g/mol. The number of aromatic hydroxyl groups is 1. The van der Waals surface area contributed by atoms with Crippen LogP contribution in [0.2, 0.25) is 0 Å². The number of phenolic OH excluding ortho intramolecular Hbond substituents is 1. The molecule has 0 atom stereocenters. The van der Waals surface area contributed by atoms with E-state index in [1.165, 1.54) is 50.1 Å². The summed E-state index contributed by atoms with van der Waals surface area (Å²) in [6.45, 7) is 4.23. The second kappa shape index (κ2) is 12.9. The number of phenols is 1. The van der Waals surface area contributed by atoms with Gasteiger partial charge in [0, 0.05) is 0 Å². The highest BCUT2D eigenvalue weighted by Gasteiger charge is 2.19. The lowest BCUT2D eigenvalue weighted by molar-refractivity contribution is 0.104. The predicted octanol–water partition coefficient (Wildman–Crippen LogP) is 6.40. The quantitative estimate of drug-likeness (QED) is 0.200. The minimum Gasteiger partial charge on any atom is -0.507 e. The molecule has 0 bridgehead atoms. The third-order valence-electron chi connectivity index (χ3n) is 6.67. The van der Waals surface area contributed by atoms with Crippen molar-refractivity contribution in [1.29, 1.82) is 0 Å². The van der Waals surface area contributed by atoms with E-state index in [0.29, 0.717) is 12.2 Å². The smallest absolute Gasteiger partial charge is 0.189 e. The molecular formula is C31H35NO3. The summed E-state index contributed by atoms with van der Waals surface area (Å²) in [5.74, 6) is 1.39. The number of allylic oxidation sites excluding steroid dienone is 1. The van der Waals surface area contributed by atoms with Crippen LogP contribution >= 0.6 is 0 Å². The fourth-order valence-electron chi connectivity index (χ4n) is 4.64. The third kappa shape index (κ3) is 7.83. The summed E-state index contributed by atoms with van der Waals surface area (Å²) >= 11 is 0. The van der Waals surface area contributed by atoms with Crippen molar-refractivity contribution < 1.29 is 14.6 Å². The van der Waals surface area contributed by atoms with Gasteiger partial charge in [-0.3, -0.25) is 4.79 Å². The van der Waals surface area contributed by atoms with E-state index in [1.54, 1.807) is 24.3 Å². The third-order valence-corrected chi connectivity index (χ3v) is 6.67. The zero-order valence-electron chi connectivity index (χ0n) is 20.3. The highest BCUT2D eigenvalue weighted by molar-refractivity contribution is 6.08. The maximum absolute atomic E-state index is 12.3. The zero-order valence-corrected chi connectivity index (χ0v) is 20.3. The van der Waals surface area contributed by atoms with Crippen LogP contribution in [-0.2, 0) is 6.42 Å². The lowest BCUT2D eigenvalue weighted by Gasteiger charge is -2.32. The van der Waals surface area contributed by atoms with Crippen molar-refractivity contribution in [3.8, 4) is 11.5 Å². The Balaban J connectivity index is 1.13. The van der Waals surface area contributed by atoms with E-state index in [2.05, 4.69) is 35.2 Å². The molecule has 1 heterocycles. The normalized spacial score (nSPS) is 14.9. The lowest BCUT2D eigenvalue weighted by atomic mass is 9.90. The Kier molecular flexibility index (Phi) is 9.13. The number of benzene rings is 3. The first-order valence-electron chi connectivity index (χ1n) is 12.7. The first-order chi connectivity index (χ1) is 17.2. The zero-order chi connectivity index (χ0) is 24.3. The van der Waals surface area contributed by atoms with Gasteiger partial charge in [0.2, 0.25) is 0 Å². The minimum absolute atomic E-state index is 0.00390. The summed E-state index contributed by atoms with van der Waals surface area (Å²) in [4.78, 5) is 14.9. The Morgan fingerprint density at radius 2 is 1.71 bits per heavy atom. The first kappa shape index (κ1) is 24.7. The van der Waals surface area contributed by atoms with Crippen LogP contribution in [0, 0.1) is 5.92 Å². The maximum Gasteiger partial charge on any atom is 0.189 e. The molecule has 4 rings (SSSR count). The molecule has 0 spiro atoms. The molecule has 182 valence electrons. The highest BCUT2D eigenvalue weighted by Crippen LogP contribution is 2.22. The van der Waals surface area contributed by atoms with Gasteiger partial charge in [0.05, 0.1) is 12.2 Å². The molecule has 0 amide bonds. The number of ketones is 1. The number of carbonyl (C=O) groups is 1. The van der Waals surface area contributed by atoms with Crippen LogP contribution < -0.4 is 4.74 Å². The summed E-state index contributed by atoms with van der Waals surface area (Å²) in [7, 11) is 0. The number of ether oxygens (including phenoxy) is 1. The first-order valence-corrected chi connectivity index (χ1v) is 12.7. The number of nitrogens with zero attached hydrogens (tertiary/aromatic N) is 1. The summed E-state index contributed by atoms with van der Waals surface area (Å²) < 4.78 is 5.95. The minimum atomic E-state index is -0.224. The summed E-state index contributed by atoms with van der Waals surface area (Å²) in [5, 5.41) is 9.83. The van der Waals surface area contributed by atoms with Crippen LogP contribution in [0.25, 0.3) is 6.08 Å². The molecule has 1 saturated heterocycles. The number of para-hydroxylation sites is 1. The van der Waals surface area contributed by atoms with E-state index in [1.807, 2.05) is 24.3 Å². The highest BCUT2D eigenvalue weighted by atomic mass is 16.5. The molecule has 4 heteroatoms. The van der Waals surface area contributed by atoms with Crippen LogP contribution in [0.5, 0.6) is 11.5 Å². The molecule has 0 aromatic heterocycles. The van der Waals surface area contributed by atoms with Crippen molar-refractivity contribution in [2.24, 2.45) is 5.92 Å². The van der Waals surface area contributed by atoms with Gasteiger partial charge in [0.25, 0.3) is 0 Å². The predicted molar refractivity (Wildman–Crippen MR) is 142 cm³/mol. The van der Waals surface area contributed by atoms with E-state index in [9.17, 15) is 9.90 Å². The van der Waals surface area contributed by atoms with Gasteiger partial charge in [-0.15, -0.1) is 0 Å². The lowest BCUT2D eigenvalue weighted by Crippen LogP contribution is -2.35. The molecule has 4 nitrogen and oxygen atoms in total. The van der Waals surface area contributed by atoms with Crippen LogP contribution in [0.15, 0.2) is 84.9 Å². The van der Waals surface area contributed by atoms with Gasteiger partial charge in [0.15, 0.2) is 5.78 Å². The van der Waals surface area contributed by atoms with Gasteiger partial charge in [-0.25, -0.2) is 0 Å². The largest absolute Gasteiger partial charge is 0.507 e. The van der Waals surface area contributed by atoms with Crippen molar-refractivity contribution in [3.05, 3.63) is 102 Å². The van der Waals surface area contributed by atoms with Crippen molar-refractivity contribution >= 4 is 11.9 Å². The van der Waals surface area contributed by atoms with E-state index in [4.69, 9.17) is 4.74 Å². The van der Waals surface area contributed by atoms with Crippen LogP contribution in [-0.4, -0.2) is 42.0 Å². The van der Waals surface area contributed by atoms with Crippen LogP contribution in [0.1, 0.15) is 47.2 Å². The molecule has 0 radical (unpaired) electrons. The molecule has 1 aliphatic rings. The van der Waals surface area contributed by atoms with Crippen molar-refractivity contribution in [1.82, 2.24) is 4.90 Å². The van der Waals surface area contributed by atoms with Gasteiger partial charge >= 0.3 is 0 Å². The number of piperidine rings is 1. The van der Waals surface area contributed by atoms with Gasteiger partial charge in [-0.2, -0.15) is 0 Å². The molecule has 1 aliphatic heterocycles. The monoisotopic (exact) mass is 469 g/mol. The van der Waals surface area contributed by atoms with Crippen LogP contribution in [0.4, 0.5) is 0 Å². The molecule has 35 heavy (non-hydrogen) atoms. The second-order valence-corrected chi connectivity index (χ2v) is 9.32. The molecule has 1 fully saturated rings. The standard InChI is InChI=1S/C31H35NO3/c33-30-14-5-4-13-29(30)31(34)16-15-26-11-8-12-28(24-26)35-22-7-6-19-32-20-17-27(18-21-32)23-25-9-2-1-3-10-25/h1-5,8-16,24,27,33H,6-7,17-23H2/b16-15+. The molecule has 0 unspecified atom stereocenters. The Morgan fingerprint density at radius 3 is 2.51 bits per heavy atom. The van der Waals surface area contributed by atoms with Crippen molar-refractivity contribution in [2.75, 3.05) is 26.2 Å². The van der Waals surface area contributed by atoms with Gasteiger partial charge < -0.3 is 14.7 Å². The van der Waals surface area contributed by atoms with E-state index in [-0.39, 0.29) is 11.5 Å². The fourth-order valence-corrected chi connectivity index (χ4v) is 4.64. The Hall–Kier alpha value is -3.37. The molecule has 0 aliphatic carbocycles. The fraction of sp³-hybridized carbons (Fsp3) is 0.323. The SMILES string of the molecule is O=C(/C=C/c1cccc(OCCCCN2CCC(Cc3ccccc3)CC2)c1)c1ccccc1O. The number of carbonyl (C=O) groups excluding carboxylic acids is 1. The number of hydrogen-bond acceptors (Lipinski definition) is 4. The maximum atomic E-state index is 12.3. The molecule has 3 aromatic carbocycles. The van der Waals surface area contributed by atoms with Crippen LogP contribution in [0.3, 0.4) is 0 Å². The van der Waals surface area contributed by atoms with Gasteiger partial charge in [-0.1, -0.05) is 60.7 Å². The summed E-state index contributed by atoms with van der Waals surface area (Å²) in [6.07, 6.45) is 9.18.